The summed E-state index contributed by atoms with van der Waals surface area (Å²) in [6.45, 7) is 0. The number of nitrogens with zero attached hydrogens (tertiary/aromatic N) is 1. The summed E-state index contributed by atoms with van der Waals surface area (Å²) < 4.78 is 94.9. The first-order chi connectivity index (χ1) is 11.0. The van der Waals surface area contributed by atoms with Crippen LogP contribution in [0.4, 0.5) is 26.5 Å². The minimum absolute atomic E-state index is 0.00647. The van der Waals surface area contributed by atoms with E-state index in [0.29, 0.717) is 0 Å². The SMILES string of the molecule is O=S(=O)(OF)C(F)(F)CCCCCCC(F)(F)F.c1ccncc1. The van der Waals surface area contributed by atoms with Gasteiger partial charge in [0.1, 0.15) is 0 Å². The zero-order valence-electron chi connectivity index (χ0n) is 12.5. The van der Waals surface area contributed by atoms with Crippen LogP contribution in [-0.4, -0.2) is 24.8 Å². The molecule has 0 saturated carbocycles. The quantitative estimate of drug-likeness (QED) is 0.480. The fraction of sp³-hybridized carbons (Fsp3) is 0.615. The van der Waals surface area contributed by atoms with Crippen LogP contribution in [-0.2, 0) is 14.5 Å². The largest absolute Gasteiger partial charge is 0.389 e. The first-order valence-electron chi connectivity index (χ1n) is 6.86. The van der Waals surface area contributed by atoms with Crippen molar-refractivity contribution < 1.29 is 39.3 Å². The van der Waals surface area contributed by atoms with E-state index in [9.17, 15) is 34.9 Å². The molecule has 0 aliphatic carbocycles. The summed E-state index contributed by atoms with van der Waals surface area (Å²) >= 11 is 0. The molecule has 0 aliphatic rings. The zero-order chi connectivity index (χ0) is 18.7. The zero-order valence-corrected chi connectivity index (χ0v) is 13.3. The Bertz CT molecular complexity index is 510. The van der Waals surface area contributed by atoms with E-state index >= 15 is 0 Å². The van der Waals surface area contributed by atoms with Crippen molar-refractivity contribution in [1.82, 2.24) is 4.98 Å². The summed E-state index contributed by atoms with van der Waals surface area (Å²) in [5.41, 5.74) is 0. The lowest BCUT2D eigenvalue weighted by Crippen LogP contribution is -2.28. The summed E-state index contributed by atoms with van der Waals surface area (Å²) in [6, 6.07) is 5.72. The van der Waals surface area contributed by atoms with Crippen molar-refractivity contribution in [2.24, 2.45) is 0 Å². The Morgan fingerprint density at radius 3 is 1.67 bits per heavy atom. The van der Waals surface area contributed by atoms with Crippen molar-refractivity contribution in [1.29, 1.82) is 0 Å². The van der Waals surface area contributed by atoms with Gasteiger partial charge in [0, 0.05) is 25.2 Å². The second kappa shape index (κ2) is 10.5. The predicted molar refractivity (Wildman–Crippen MR) is 74.1 cm³/mol. The van der Waals surface area contributed by atoms with Crippen LogP contribution in [0.5, 0.6) is 0 Å². The van der Waals surface area contributed by atoms with Gasteiger partial charge in [-0.1, -0.05) is 23.3 Å². The maximum Gasteiger partial charge on any atom is 0.389 e. The van der Waals surface area contributed by atoms with E-state index in [1.165, 1.54) is 0 Å². The molecule has 0 bridgehead atoms. The van der Waals surface area contributed by atoms with Crippen LogP contribution >= 0.6 is 0 Å². The van der Waals surface area contributed by atoms with E-state index in [-0.39, 0.29) is 25.7 Å². The van der Waals surface area contributed by atoms with E-state index < -0.39 is 34.4 Å². The Balaban J connectivity index is 0.000000728. The number of hydrogen-bond acceptors (Lipinski definition) is 4. The normalized spacial score (nSPS) is 12.4. The van der Waals surface area contributed by atoms with E-state index in [1.54, 1.807) is 12.4 Å². The van der Waals surface area contributed by atoms with Gasteiger partial charge in [-0.15, -0.1) is 0 Å². The lowest BCUT2D eigenvalue weighted by atomic mass is 10.1. The van der Waals surface area contributed by atoms with Crippen molar-refractivity contribution in [3.05, 3.63) is 30.6 Å². The first-order valence-corrected chi connectivity index (χ1v) is 8.27. The van der Waals surface area contributed by atoms with Crippen molar-refractivity contribution in [2.75, 3.05) is 0 Å². The molecule has 0 unspecified atom stereocenters. The average molecular weight is 381 g/mol. The van der Waals surface area contributed by atoms with Gasteiger partial charge >= 0.3 is 21.5 Å². The highest BCUT2D eigenvalue weighted by Crippen LogP contribution is 2.30. The third kappa shape index (κ3) is 10.4. The third-order valence-corrected chi connectivity index (χ3v) is 3.79. The molecular formula is C13H17F6NO3S. The van der Waals surface area contributed by atoms with Gasteiger partial charge in [-0.05, 0) is 29.5 Å². The van der Waals surface area contributed by atoms with Crippen LogP contribution in [0.3, 0.4) is 0 Å². The van der Waals surface area contributed by atoms with Gasteiger partial charge in [0.05, 0.1) is 0 Å². The summed E-state index contributed by atoms with van der Waals surface area (Å²) in [4.78, 5) is 3.78. The average Bonchev–Trinajstić information content (AvgIpc) is 2.52. The number of rotatable bonds is 8. The standard InChI is InChI=1S/C8H12F6O3S.C5H5N/c9-7(10,11)5-3-1-2-4-6-8(12,13)18(15,16)17-14;1-2-4-6-5-3-1/h1-6H2;1-5H. The smallest absolute Gasteiger partial charge is 0.265 e. The molecule has 11 heteroatoms. The van der Waals surface area contributed by atoms with Crippen molar-refractivity contribution in [3.8, 4) is 0 Å². The lowest BCUT2D eigenvalue weighted by molar-refractivity contribution is -0.135. The number of hydrogen-bond donors (Lipinski definition) is 0. The summed E-state index contributed by atoms with van der Waals surface area (Å²) in [6.07, 6.45) is -3.54. The molecule has 0 fully saturated rings. The molecular weight excluding hydrogens is 364 g/mol. The second-order valence-electron chi connectivity index (χ2n) is 4.71. The highest BCUT2D eigenvalue weighted by molar-refractivity contribution is 7.87. The van der Waals surface area contributed by atoms with E-state index in [4.69, 9.17) is 0 Å². The van der Waals surface area contributed by atoms with Crippen LogP contribution in [0.1, 0.15) is 38.5 Å². The minimum Gasteiger partial charge on any atom is -0.265 e. The molecule has 1 aromatic heterocycles. The molecule has 4 nitrogen and oxygen atoms in total. The highest BCUT2D eigenvalue weighted by atomic mass is 32.2. The molecule has 0 aromatic carbocycles. The maximum atomic E-state index is 12.8. The topological polar surface area (TPSA) is 56.3 Å². The highest BCUT2D eigenvalue weighted by Gasteiger charge is 2.46. The van der Waals surface area contributed by atoms with E-state index in [2.05, 4.69) is 9.37 Å². The van der Waals surface area contributed by atoms with Gasteiger partial charge in [-0.2, -0.15) is 30.4 Å². The van der Waals surface area contributed by atoms with Crippen LogP contribution in [0, 0.1) is 0 Å². The Morgan fingerprint density at radius 2 is 1.33 bits per heavy atom. The number of unbranched alkanes of at least 4 members (excludes halogenated alkanes) is 3. The Morgan fingerprint density at radius 1 is 0.833 bits per heavy atom. The Labute approximate surface area is 135 Å². The van der Waals surface area contributed by atoms with Crippen LogP contribution in [0.2, 0.25) is 0 Å². The molecule has 0 aliphatic heterocycles. The molecule has 1 aromatic rings. The molecule has 0 spiro atoms. The molecule has 0 saturated heterocycles. The Kier molecular flexibility index (Phi) is 9.90. The molecule has 0 atom stereocenters. The molecule has 24 heavy (non-hydrogen) atoms. The van der Waals surface area contributed by atoms with Gasteiger partial charge < -0.3 is 0 Å². The van der Waals surface area contributed by atoms with Gasteiger partial charge in [0.15, 0.2) is 0 Å². The molecule has 140 valence electrons. The van der Waals surface area contributed by atoms with E-state index in [1.807, 2.05) is 18.2 Å². The molecule has 1 heterocycles. The van der Waals surface area contributed by atoms with Gasteiger partial charge in [-0.3, -0.25) is 4.98 Å². The Hall–Kier alpha value is -1.36. The van der Waals surface area contributed by atoms with Gasteiger partial charge in [0.25, 0.3) is 0 Å². The monoisotopic (exact) mass is 381 g/mol. The van der Waals surface area contributed by atoms with Gasteiger partial charge in [0.2, 0.25) is 0 Å². The van der Waals surface area contributed by atoms with Crippen LogP contribution in [0.15, 0.2) is 30.6 Å². The number of aromatic nitrogens is 1. The molecule has 0 radical (unpaired) electrons. The van der Waals surface area contributed by atoms with Crippen molar-refractivity contribution in [2.45, 2.75) is 50.0 Å². The minimum atomic E-state index is -5.59. The molecule has 0 amide bonds. The van der Waals surface area contributed by atoms with Crippen LogP contribution in [0.25, 0.3) is 0 Å². The number of pyridine rings is 1. The lowest BCUT2D eigenvalue weighted by Gasteiger charge is -2.12. The number of alkyl halides is 5. The van der Waals surface area contributed by atoms with Crippen molar-refractivity contribution >= 4 is 10.1 Å². The predicted octanol–water partition coefficient (Wildman–Crippen LogP) is 4.79. The van der Waals surface area contributed by atoms with Crippen molar-refractivity contribution in [3.63, 3.8) is 0 Å². The second-order valence-corrected chi connectivity index (χ2v) is 6.34. The maximum absolute atomic E-state index is 12.8. The summed E-state index contributed by atoms with van der Waals surface area (Å²) in [5, 5.41) is -4.37. The fourth-order valence-corrected chi connectivity index (χ4v) is 1.98. The summed E-state index contributed by atoms with van der Waals surface area (Å²) in [5.74, 6) is 0. The fourth-order valence-electron chi connectivity index (χ4n) is 1.49. The molecule has 1 rings (SSSR count). The van der Waals surface area contributed by atoms with Crippen LogP contribution < -0.4 is 0 Å². The number of halogens is 6. The van der Waals surface area contributed by atoms with Gasteiger partial charge in [-0.25, -0.2) is 0 Å². The third-order valence-electron chi connectivity index (χ3n) is 2.69. The van der Waals surface area contributed by atoms with E-state index in [0.717, 1.165) is 0 Å². The summed E-state index contributed by atoms with van der Waals surface area (Å²) in [7, 11) is -5.59. The first kappa shape index (κ1) is 22.6. The molecule has 0 N–H and O–H groups in total.